The molecule has 2 N–H and O–H groups in total. The maximum Gasteiger partial charge on any atom is 0.253 e. The Labute approximate surface area is 120 Å². The number of hydrogen-bond acceptors (Lipinski definition) is 5. The Morgan fingerprint density at radius 2 is 2.21 bits per heavy atom. The van der Waals surface area contributed by atoms with E-state index in [0.717, 1.165) is 9.88 Å². The number of carbonyl (C=O) groups is 1. The van der Waals surface area contributed by atoms with Crippen LogP contribution in [0, 0.1) is 6.92 Å². The molecule has 7 heteroatoms. The van der Waals surface area contributed by atoms with E-state index in [1.165, 1.54) is 6.20 Å². The van der Waals surface area contributed by atoms with Gasteiger partial charge in [0.2, 0.25) is 0 Å². The molecule has 2 aromatic heterocycles. The van der Waals surface area contributed by atoms with Crippen LogP contribution in [0.3, 0.4) is 0 Å². The van der Waals surface area contributed by atoms with Gasteiger partial charge in [-0.25, -0.2) is 9.97 Å². The van der Waals surface area contributed by atoms with E-state index in [2.05, 4.69) is 20.6 Å². The first-order chi connectivity index (χ1) is 9.10. The van der Waals surface area contributed by atoms with Gasteiger partial charge in [-0.05, 0) is 13.0 Å². The molecule has 0 fully saturated rings. The van der Waals surface area contributed by atoms with Gasteiger partial charge in [0.1, 0.15) is 10.8 Å². The van der Waals surface area contributed by atoms with Crippen LogP contribution in [0.2, 0.25) is 5.02 Å². The van der Waals surface area contributed by atoms with Gasteiger partial charge in [-0.15, -0.1) is 11.3 Å². The zero-order chi connectivity index (χ0) is 13.8. The number of aryl methyl sites for hydroxylation is 1. The van der Waals surface area contributed by atoms with Crippen molar-refractivity contribution >= 4 is 34.7 Å². The molecule has 0 aliphatic heterocycles. The average molecular weight is 297 g/mol. The molecule has 5 nitrogen and oxygen atoms in total. The zero-order valence-electron chi connectivity index (χ0n) is 10.5. The number of amides is 1. The van der Waals surface area contributed by atoms with Crippen molar-refractivity contribution in [3.8, 4) is 0 Å². The molecule has 100 valence electrons. The van der Waals surface area contributed by atoms with Gasteiger partial charge < -0.3 is 10.6 Å². The number of rotatable bonds is 4. The molecule has 0 atom stereocenters. The molecule has 1 amide bonds. The number of aromatic nitrogens is 2. The van der Waals surface area contributed by atoms with E-state index in [-0.39, 0.29) is 5.91 Å². The van der Waals surface area contributed by atoms with Crippen LogP contribution in [0.25, 0.3) is 0 Å². The fourth-order valence-electron chi connectivity index (χ4n) is 1.49. The number of anilines is 1. The lowest BCUT2D eigenvalue weighted by molar-refractivity contribution is 0.0950. The first kappa shape index (κ1) is 13.8. The quantitative estimate of drug-likeness (QED) is 0.909. The van der Waals surface area contributed by atoms with Crippen LogP contribution in [0.4, 0.5) is 5.82 Å². The van der Waals surface area contributed by atoms with E-state index in [1.807, 2.05) is 6.92 Å². The summed E-state index contributed by atoms with van der Waals surface area (Å²) in [5.41, 5.74) is 0.428. The Bertz CT molecular complexity index is 599. The molecule has 0 spiro atoms. The Morgan fingerprint density at radius 1 is 1.42 bits per heavy atom. The lowest BCUT2D eigenvalue weighted by atomic mass is 10.2. The summed E-state index contributed by atoms with van der Waals surface area (Å²) < 4.78 is 0. The number of carbonyl (C=O) groups excluding carboxylic acids is 1. The van der Waals surface area contributed by atoms with Crippen molar-refractivity contribution in [2.75, 3.05) is 12.4 Å². The number of nitrogens with zero attached hydrogens (tertiary/aromatic N) is 2. The van der Waals surface area contributed by atoms with Crippen LogP contribution in [-0.4, -0.2) is 22.9 Å². The predicted molar refractivity (Wildman–Crippen MR) is 76.8 cm³/mol. The van der Waals surface area contributed by atoms with Crippen LogP contribution >= 0.6 is 22.9 Å². The molecule has 0 bridgehead atoms. The van der Waals surface area contributed by atoms with Crippen molar-refractivity contribution in [3.63, 3.8) is 0 Å². The number of nitrogens with one attached hydrogen (secondary N) is 2. The normalized spacial score (nSPS) is 10.3. The number of thiazole rings is 1. The lowest BCUT2D eigenvalue weighted by Crippen LogP contribution is -2.22. The summed E-state index contributed by atoms with van der Waals surface area (Å²) in [5.74, 6) is 0.332. The number of hydrogen-bond donors (Lipinski definition) is 2. The van der Waals surface area contributed by atoms with Gasteiger partial charge in [-0.2, -0.15) is 0 Å². The highest BCUT2D eigenvalue weighted by Crippen LogP contribution is 2.19. The highest BCUT2D eigenvalue weighted by molar-refractivity contribution is 7.11. The lowest BCUT2D eigenvalue weighted by Gasteiger charge is -2.06. The third-order valence-corrected chi connectivity index (χ3v) is 3.61. The van der Waals surface area contributed by atoms with Gasteiger partial charge >= 0.3 is 0 Å². The van der Waals surface area contributed by atoms with E-state index in [4.69, 9.17) is 11.6 Å². The summed E-state index contributed by atoms with van der Waals surface area (Å²) in [6.45, 7) is 2.38. The molecular weight excluding hydrogens is 284 g/mol. The summed E-state index contributed by atoms with van der Waals surface area (Å²) in [6, 6.07) is 1.59. The number of pyridine rings is 1. The van der Waals surface area contributed by atoms with Crippen LogP contribution < -0.4 is 10.6 Å². The minimum atomic E-state index is -0.218. The van der Waals surface area contributed by atoms with Gasteiger partial charge in [0.25, 0.3) is 5.91 Å². The molecule has 0 saturated carbocycles. The summed E-state index contributed by atoms with van der Waals surface area (Å²) in [6.07, 6.45) is 3.27. The Kier molecular flexibility index (Phi) is 4.34. The van der Waals surface area contributed by atoms with E-state index in [9.17, 15) is 4.79 Å². The highest BCUT2D eigenvalue weighted by Gasteiger charge is 2.10. The summed E-state index contributed by atoms with van der Waals surface area (Å²) in [5, 5.41) is 6.91. The van der Waals surface area contributed by atoms with Gasteiger partial charge in [-0.1, -0.05) is 11.6 Å². The molecule has 2 aromatic rings. The smallest absolute Gasteiger partial charge is 0.253 e. The van der Waals surface area contributed by atoms with Crippen molar-refractivity contribution in [2.45, 2.75) is 13.5 Å². The Hall–Kier alpha value is -1.66. The Balaban J connectivity index is 2.01. The van der Waals surface area contributed by atoms with Gasteiger partial charge in [0.15, 0.2) is 0 Å². The second kappa shape index (κ2) is 5.99. The second-order valence-corrected chi connectivity index (χ2v) is 5.58. The minimum absolute atomic E-state index is 0.218. The molecular formula is C12H13ClN4OS. The van der Waals surface area contributed by atoms with Crippen molar-refractivity contribution in [1.29, 1.82) is 0 Å². The molecule has 0 radical (unpaired) electrons. The van der Waals surface area contributed by atoms with E-state index in [0.29, 0.717) is 22.9 Å². The first-order valence-electron chi connectivity index (χ1n) is 5.63. The van der Waals surface area contributed by atoms with E-state index < -0.39 is 0 Å². The van der Waals surface area contributed by atoms with Crippen LogP contribution in [0.15, 0.2) is 18.5 Å². The Morgan fingerprint density at radius 3 is 2.79 bits per heavy atom. The highest BCUT2D eigenvalue weighted by atomic mass is 35.5. The summed E-state index contributed by atoms with van der Waals surface area (Å²) in [7, 11) is 1.72. The largest absolute Gasteiger partial charge is 0.372 e. The minimum Gasteiger partial charge on any atom is -0.372 e. The molecule has 19 heavy (non-hydrogen) atoms. The molecule has 0 aromatic carbocycles. The molecule has 0 unspecified atom stereocenters. The van der Waals surface area contributed by atoms with Crippen molar-refractivity contribution < 1.29 is 4.79 Å². The monoisotopic (exact) mass is 296 g/mol. The van der Waals surface area contributed by atoms with Gasteiger partial charge in [0, 0.05) is 24.3 Å². The molecule has 0 saturated heterocycles. The zero-order valence-corrected chi connectivity index (χ0v) is 12.1. The van der Waals surface area contributed by atoms with E-state index >= 15 is 0 Å². The predicted octanol–water partition coefficient (Wildman–Crippen LogP) is 2.47. The standard InChI is InChI=1S/C12H13ClN4OS/c1-7-4-15-10(19-7)6-17-12(18)8-3-9(13)11(14-2)16-5-8/h3-5H,6H2,1-2H3,(H,14,16)(H,17,18). The second-order valence-electron chi connectivity index (χ2n) is 3.85. The SMILES string of the molecule is CNc1ncc(C(=O)NCc2ncc(C)s2)cc1Cl. The maximum absolute atomic E-state index is 11.9. The van der Waals surface area contributed by atoms with Crippen molar-refractivity contribution in [3.05, 3.63) is 38.9 Å². The third kappa shape index (κ3) is 3.42. The number of halogens is 1. The fraction of sp³-hybridized carbons (Fsp3) is 0.250. The summed E-state index contributed by atoms with van der Waals surface area (Å²) >= 11 is 7.54. The van der Waals surface area contributed by atoms with Crippen molar-refractivity contribution in [2.24, 2.45) is 0 Å². The molecule has 0 aliphatic carbocycles. The van der Waals surface area contributed by atoms with Gasteiger partial charge in [-0.3, -0.25) is 4.79 Å². The molecule has 2 heterocycles. The molecule has 2 rings (SSSR count). The first-order valence-corrected chi connectivity index (χ1v) is 6.82. The summed E-state index contributed by atoms with van der Waals surface area (Å²) in [4.78, 5) is 21.3. The molecule has 0 aliphatic rings. The average Bonchev–Trinajstić information content (AvgIpc) is 2.81. The van der Waals surface area contributed by atoms with Crippen molar-refractivity contribution in [1.82, 2.24) is 15.3 Å². The van der Waals surface area contributed by atoms with Gasteiger partial charge in [0.05, 0.1) is 17.1 Å². The van der Waals surface area contributed by atoms with Crippen LogP contribution in [0.5, 0.6) is 0 Å². The fourth-order valence-corrected chi connectivity index (χ4v) is 2.47. The topological polar surface area (TPSA) is 66.9 Å². The van der Waals surface area contributed by atoms with E-state index in [1.54, 1.807) is 30.6 Å². The maximum atomic E-state index is 11.9. The van der Waals surface area contributed by atoms with Crippen LogP contribution in [0.1, 0.15) is 20.2 Å². The third-order valence-electron chi connectivity index (χ3n) is 2.41. The van der Waals surface area contributed by atoms with Crippen LogP contribution in [-0.2, 0) is 6.54 Å².